The molecule has 0 heterocycles. The zero-order valence-electron chi connectivity index (χ0n) is 25.0. The lowest BCUT2D eigenvalue weighted by Crippen LogP contribution is -2.07. The van der Waals surface area contributed by atoms with Gasteiger partial charge in [-0.1, -0.05) is 69.2 Å². The predicted octanol–water partition coefficient (Wildman–Crippen LogP) is 10.4. The molecule has 0 spiro atoms. The number of carbonyl (C=O) groups excluding carboxylic acids is 2. The van der Waals surface area contributed by atoms with Gasteiger partial charge in [0, 0.05) is 36.1 Å². The number of carbonyl (C=O) groups is 2. The van der Waals surface area contributed by atoms with Gasteiger partial charge in [-0.3, -0.25) is 9.59 Å². The summed E-state index contributed by atoms with van der Waals surface area (Å²) in [4.78, 5) is 24.3. The summed E-state index contributed by atoms with van der Waals surface area (Å²) in [5.41, 5.74) is 1.68. The van der Waals surface area contributed by atoms with Gasteiger partial charge in [-0.15, -0.1) is 0 Å². The highest BCUT2D eigenvalue weighted by Gasteiger charge is 2.12. The van der Waals surface area contributed by atoms with E-state index in [1.807, 2.05) is 0 Å². The Bertz CT molecular complexity index is 1440. The zero-order valence-corrected chi connectivity index (χ0v) is 25.0. The van der Waals surface area contributed by atoms with Crippen molar-refractivity contribution in [1.82, 2.24) is 0 Å². The molecule has 45 heavy (non-hydrogen) atoms. The van der Waals surface area contributed by atoms with Crippen LogP contribution in [0.4, 0.5) is 17.6 Å². The van der Waals surface area contributed by atoms with Crippen molar-refractivity contribution in [2.45, 2.75) is 70.6 Å². The fraction of sp³-hybridized carbons (Fsp3) is 0.297. The van der Waals surface area contributed by atoms with Gasteiger partial charge in [-0.05, 0) is 72.5 Å². The Morgan fingerprint density at radius 3 is 1.11 bits per heavy atom. The number of esters is 2. The molecule has 0 bridgehead atoms. The van der Waals surface area contributed by atoms with Crippen LogP contribution in [-0.2, 0) is 9.59 Å². The lowest BCUT2D eigenvalue weighted by Gasteiger charge is -2.08. The van der Waals surface area contributed by atoms with E-state index in [-0.39, 0.29) is 24.3 Å². The number of benzene rings is 4. The summed E-state index contributed by atoms with van der Waals surface area (Å²) in [6.07, 6.45) is 8.83. The summed E-state index contributed by atoms with van der Waals surface area (Å²) >= 11 is 0. The highest BCUT2D eigenvalue weighted by atomic mass is 19.1. The highest BCUT2D eigenvalue weighted by Crippen LogP contribution is 2.28. The van der Waals surface area contributed by atoms with E-state index in [1.165, 1.54) is 72.8 Å². The van der Waals surface area contributed by atoms with E-state index in [2.05, 4.69) is 0 Å². The third-order valence-corrected chi connectivity index (χ3v) is 7.42. The number of unbranched alkanes of at least 4 members (excludes halogenated alkanes) is 8. The second-order valence-corrected chi connectivity index (χ2v) is 10.9. The van der Waals surface area contributed by atoms with Crippen molar-refractivity contribution in [2.75, 3.05) is 0 Å². The van der Waals surface area contributed by atoms with Crippen LogP contribution in [0, 0.1) is 23.3 Å². The summed E-state index contributed by atoms with van der Waals surface area (Å²) in [6.45, 7) is 0. The lowest BCUT2D eigenvalue weighted by atomic mass is 10.0. The van der Waals surface area contributed by atoms with Crippen LogP contribution in [0.3, 0.4) is 0 Å². The number of halogens is 4. The van der Waals surface area contributed by atoms with Crippen LogP contribution >= 0.6 is 0 Å². The topological polar surface area (TPSA) is 52.6 Å². The normalized spacial score (nSPS) is 10.9. The molecule has 0 saturated carbocycles. The van der Waals surface area contributed by atoms with Gasteiger partial charge in [0.05, 0.1) is 0 Å². The molecule has 0 radical (unpaired) electrons. The van der Waals surface area contributed by atoms with Crippen LogP contribution in [0.2, 0.25) is 0 Å². The Balaban J connectivity index is 1.01. The maximum Gasteiger partial charge on any atom is 0.311 e. The summed E-state index contributed by atoms with van der Waals surface area (Å²) in [7, 11) is 0. The Morgan fingerprint density at radius 2 is 0.778 bits per heavy atom. The first-order valence-electron chi connectivity index (χ1n) is 15.3. The molecule has 4 nitrogen and oxygen atoms in total. The average molecular weight is 621 g/mol. The lowest BCUT2D eigenvalue weighted by molar-refractivity contribution is -0.135. The van der Waals surface area contributed by atoms with E-state index in [1.54, 1.807) is 0 Å². The number of hydrogen-bond donors (Lipinski definition) is 0. The highest BCUT2D eigenvalue weighted by molar-refractivity contribution is 5.74. The van der Waals surface area contributed by atoms with Gasteiger partial charge in [0.1, 0.15) is 34.8 Å². The SMILES string of the molecule is O=C(CCCCCCCCCCCC(=O)Oc1ccc(-c2ccc(F)cc2)c(F)c1)Oc1ccc(-c2ccc(F)cc2)c(F)c1. The quantitative estimate of drug-likeness (QED) is 0.0541. The molecule has 0 amide bonds. The smallest absolute Gasteiger partial charge is 0.311 e. The molecule has 0 aliphatic carbocycles. The van der Waals surface area contributed by atoms with Crippen molar-refractivity contribution in [1.29, 1.82) is 0 Å². The second kappa shape index (κ2) is 17.1. The molecule has 4 aromatic carbocycles. The maximum atomic E-state index is 14.5. The first kappa shape index (κ1) is 33.4. The molecule has 0 fully saturated rings. The van der Waals surface area contributed by atoms with E-state index in [4.69, 9.17) is 9.47 Å². The molecule has 4 rings (SSSR count). The molecule has 0 unspecified atom stereocenters. The van der Waals surface area contributed by atoms with E-state index in [9.17, 15) is 27.2 Å². The zero-order chi connectivity index (χ0) is 32.0. The minimum atomic E-state index is -0.547. The summed E-state index contributed by atoms with van der Waals surface area (Å²) in [5.74, 6) is -2.43. The van der Waals surface area contributed by atoms with E-state index >= 15 is 0 Å². The van der Waals surface area contributed by atoms with Crippen LogP contribution in [0.1, 0.15) is 70.6 Å². The molecule has 236 valence electrons. The van der Waals surface area contributed by atoms with Gasteiger partial charge >= 0.3 is 11.9 Å². The molecule has 0 N–H and O–H groups in total. The summed E-state index contributed by atoms with van der Waals surface area (Å²) < 4.78 is 65.7. The van der Waals surface area contributed by atoms with Crippen molar-refractivity contribution < 1.29 is 36.6 Å². The molecule has 0 atom stereocenters. The first-order chi connectivity index (χ1) is 21.8. The Morgan fingerprint density at radius 1 is 0.444 bits per heavy atom. The van der Waals surface area contributed by atoms with E-state index in [0.29, 0.717) is 35.1 Å². The van der Waals surface area contributed by atoms with Gasteiger partial charge in [0.2, 0.25) is 0 Å². The number of hydrogen-bond acceptors (Lipinski definition) is 4. The van der Waals surface area contributed by atoms with Crippen molar-refractivity contribution in [3.63, 3.8) is 0 Å². The second-order valence-electron chi connectivity index (χ2n) is 10.9. The van der Waals surface area contributed by atoms with Gasteiger partial charge < -0.3 is 9.47 Å². The van der Waals surface area contributed by atoms with Crippen LogP contribution in [0.15, 0.2) is 84.9 Å². The van der Waals surface area contributed by atoms with Crippen molar-refractivity contribution in [3.05, 3.63) is 108 Å². The largest absolute Gasteiger partial charge is 0.426 e. The monoisotopic (exact) mass is 620 g/mol. The molecule has 0 aliphatic rings. The van der Waals surface area contributed by atoms with Gasteiger partial charge in [-0.25, -0.2) is 17.6 Å². The molecular weight excluding hydrogens is 584 g/mol. The minimum absolute atomic E-state index is 0.141. The summed E-state index contributed by atoms with van der Waals surface area (Å²) in [6, 6.07) is 19.4. The molecule has 4 aromatic rings. The molecule has 0 aromatic heterocycles. The van der Waals surface area contributed by atoms with Crippen LogP contribution in [0.25, 0.3) is 22.3 Å². The molecule has 0 aliphatic heterocycles. The van der Waals surface area contributed by atoms with Gasteiger partial charge in [0.25, 0.3) is 0 Å². The third-order valence-electron chi connectivity index (χ3n) is 7.42. The minimum Gasteiger partial charge on any atom is -0.426 e. The van der Waals surface area contributed by atoms with E-state index < -0.39 is 35.2 Å². The first-order valence-corrected chi connectivity index (χ1v) is 15.3. The van der Waals surface area contributed by atoms with Crippen LogP contribution in [-0.4, -0.2) is 11.9 Å². The molecule has 0 saturated heterocycles. The Labute approximate surface area is 261 Å². The van der Waals surface area contributed by atoms with Gasteiger partial charge in [0.15, 0.2) is 0 Å². The summed E-state index contributed by atoms with van der Waals surface area (Å²) in [5, 5.41) is 0. The van der Waals surface area contributed by atoms with Gasteiger partial charge in [-0.2, -0.15) is 0 Å². The van der Waals surface area contributed by atoms with Crippen molar-refractivity contribution in [3.8, 4) is 33.8 Å². The number of ether oxygens (including phenoxy) is 2. The van der Waals surface area contributed by atoms with Crippen LogP contribution in [0.5, 0.6) is 11.5 Å². The average Bonchev–Trinajstić information content (AvgIpc) is 3.01. The maximum absolute atomic E-state index is 14.5. The van der Waals surface area contributed by atoms with Crippen LogP contribution < -0.4 is 9.47 Å². The van der Waals surface area contributed by atoms with E-state index in [0.717, 1.165) is 57.1 Å². The van der Waals surface area contributed by atoms with Crippen molar-refractivity contribution in [2.24, 2.45) is 0 Å². The third kappa shape index (κ3) is 10.9. The fourth-order valence-electron chi connectivity index (χ4n) is 4.99. The number of rotatable bonds is 16. The Hall–Kier alpha value is -4.46. The Kier molecular flexibility index (Phi) is 12.7. The predicted molar refractivity (Wildman–Crippen MR) is 166 cm³/mol. The fourth-order valence-corrected chi connectivity index (χ4v) is 4.99. The standard InChI is InChI=1S/C37H36F4O4/c38-28-16-12-26(13-17-28)32-22-20-30(24-34(32)40)44-36(42)10-8-6-4-2-1-3-5-7-9-11-37(43)45-31-21-23-33(35(41)25-31)27-14-18-29(39)19-15-27/h12-25H,1-11H2. The van der Waals surface area contributed by atoms with Crippen molar-refractivity contribution >= 4 is 11.9 Å². The molecule has 8 heteroatoms. The molecular formula is C37H36F4O4.